The zero-order valence-electron chi connectivity index (χ0n) is 13.5. The van der Waals surface area contributed by atoms with Crippen molar-refractivity contribution in [2.75, 3.05) is 5.32 Å². The molecule has 128 valence electrons. The lowest BCUT2D eigenvalue weighted by atomic mass is 10.2. The van der Waals surface area contributed by atoms with E-state index in [2.05, 4.69) is 20.3 Å². The standard InChI is InChI=1S/C17H14Cl2N4OS/c1-9(16(24)23-15-13(19)7-11(18)8-20-15)25-17-12-5-3-4-6-14(12)21-10(2)22-17/h3-9H,1-2H3,(H,20,23,24)/t9-/m1/s1. The first-order valence-electron chi connectivity index (χ1n) is 7.46. The van der Waals surface area contributed by atoms with Crippen molar-refractivity contribution < 1.29 is 4.79 Å². The van der Waals surface area contributed by atoms with Gasteiger partial charge in [-0.2, -0.15) is 0 Å². The Bertz CT molecular complexity index is 951. The predicted octanol–water partition coefficient (Wildman–Crippen LogP) is 4.76. The Labute approximate surface area is 159 Å². The fourth-order valence-electron chi connectivity index (χ4n) is 2.19. The number of aryl methyl sites for hydroxylation is 1. The minimum atomic E-state index is -0.397. The van der Waals surface area contributed by atoms with Gasteiger partial charge in [-0.15, -0.1) is 0 Å². The second kappa shape index (κ2) is 7.56. The third-order valence-corrected chi connectivity index (χ3v) is 4.98. The van der Waals surface area contributed by atoms with Crippen molar-refractivity contribution in [2.24, 2.45) is 0 Å². The Hall–Kier alpha value is -1.89. The predicted molar refractivity (Wildman–Crippen MR) is 102 cm³/mol. The van der Waals surface area contributed by atoms with Gasteiger partial charge in [-0.25, -0.2) is 15.0 Å². The number of anilines is 1. The molecule has 0 unspecified atom stereocenters. The summed E-state index contributed by atoms with van der Waals surface area (Å²) in [6.07, 6.45) is 1.43. The lowest BCUT2D eigenvalue weighted by molar-refractivity contribution is -0.115. The summed E-state index contributed by atoms with van der Waals surface area (Å²) < 4.78 is 0. The normalized spacial score (nSPS) is 12.2. The van der Waals surface area contributed by atoms with Crippen molar-refractivity contribution >= 4 is 57.6 Å². The number of nitrogens with zero attached hydrogens (tertiary/aromatic N) is 3. The summed E-state index contributed by atoms with van der Waals surface area (Å²) in [7, 11) is 0. The van der Waals surface area contributed by atoms with Crippen molar-refractivity contribution in [1.82, 2.24) is 15.0 Å². The van der Waals surface area contributed by atoms with Gasteiger partial charge in [0.05, 0.1) is 20.8 Å². The van der Waals surface area contributed by atoms with Crippen LogP contribution in [0.3, 0.4) is 0 Å². The van der Waals surface area contributed by atoms with Crippen LogP contribution in [0, 0.1) is 6.92 Å². The number of hydrogen-bond acceptors (Lipinski definition) is 5. The van der Waals surface area contributed by atoms with Gasteiger partial charge in [0.2, 0.25) is 5.91 Å². The molecule has 0 aliphatic carbocycles. The highest BCUT2D eigenvalue weighted by molar-refractivity contribution is 8.00. The van der Waals surface area contributed by atoms with Crippen molar-refractivity contribution in [3.05, 3.63) is 52.4 Å². The zero-order chi connectivity index (χ0) is 18.0. The molecule has 25 heavy (non-hydrogen) atoms. The number of thioether (sulfide) groups is 1. The van der Waals surface area contributed by atoms with Gasteiger partial charge in [-0.05, 0) is 26.0 Å². The Kier molecular flexibility index (Phi) is 5.42. The molecule has 3 rings (SSSR count). The van der Waals surface area contributed by atoms with Crippen molar-refractivity contribution in [3.8, 4) is 0 Å². The Morgan fingerprint density at radius 1 is 1.24 bits per heavy atom. The zero-order valence-corrected chi connectivity index (χ0v) is 15.8. The number of benzene rings is 1. The molecule has 0 aliphatic rings. The molecule has 0 saturated carbocycles. The number of fused-ring (bicyclic) bond motifs is 1. The first-order valence-corrected chi connectivity index (χ1v) is 9.09. The van der Waals surface area contributed by atoms with Crippen molar-refractivity contribution in [1.29, 1.82) is 0 Å². The van der Waals surface area contributed by atoms with Crippen molar-refractivity contribution in [2.45, 2.75) is 24.1 Å². The van der Waals surface area contributed by atoms with E-state index in [9.17, 15) is 4.79 Å². The number of hydrogen-bond donors (Lipinski definition) is 1. The first kappa shape index (κ1) is 17.9. The molecule has 1 N–H and O–H groups in total. The van der Waals surface area contributed by atoms with Gasteiger partial charge in [-0.3, -0.25) is 4.79 Å². The SMILES string of the molecule is Cc1nc(S[C@H](C)C(=O)Nc2ncc(Cl)cc2Cl)c2ccccc2n1. The maximum atomic E-state index is 12.5. The number of rotatable bonds is 4. The van der Waals surface area contributed by atoms with E-state index in [0.717, 1.165) is 15.9 Å². The number of amides is 1. The maximum absolute atomic E-state index is 12.5. The highest BCUT2D eigenvalue weighted by atomic mass is 35.5. The van der Waals surface area contributed by atoms with Crippen LogP contribution in [0.2, 0.25) is 10.0 Å². The molecule has 3 aromatic rings. The summed E-state index contributed by atoms with van der Waals surface area (Å²) in [6.45, 7) is 3.63. The number of carbonyl (C=O) groups is 1. The minimum Gasteiger partial charge on any atom is -0.308 e. The fourth-order valence-corrected chi connectivity index (χ4v) is 3.61. The van der Waals surface area contributed by atoms with Crippen molar-refractivity contribution in [3.63, 3.8) is 0 Å². The molecular formula is C17H14Cl2N4OS. The van der Waals surface area contributed by atoms with E-state index < -0.39 is 5.25 Å². The summed E-state index contributed by atoms with van der Waals surface area (Å²) in [6, 6.07) is 9.25. The summed E-state index contributed by atoms with van der Waals surface area (Å²) >= 11 is 13.2. The van der Waals surface area contributed by atoms with Crippen LogP contribution >= 0.6 is 35.0 Å². The van der Waals surface area contributed by atoms with Crippen LogP contribution in [0.25, 0.3) is 10.9 Å². The fraction of sp³-hybridized carbons (Fsp3) is 0.176. The molecule has 0 aliphatic heterocycles. The third-order valence-electron chi connectivity index (χ3n) is 3.39. The van der Waals surface area contributed by atoms with Gasteiger partial charge in [0.1, 0.15) is 10.9 Å². The van der Waals surface area contributed by atoms with E-state index in [0.29, 0.717) is 15.9 Å². The molecule has 0 radical (unpaired) electrons. The second-order valence-corrected chi connectivity index (χ2v) is 7.50. The molecule has 8 heteroatoms. The molecule has 0 fully saturated rings. The molecule has 1 amide bonds. The number of para-hydroxylation sites is 1. The second-order valence-electron chi connectivity index (χ2n) is 5.33. The summed E-state index contributed by atoms with van der Waals surface area (Å²) in [4.78, 5) is 25.4. The molecule has 1 atom stereocenters. The van der Waals surface area contributed by atoms with Crippen LogP contribution in [0.15, 0.2) is 41.6 Å². The molecule has 2 aromatic heterocycles. The van der Waals surface area contributed by atoms with E-state index in [4.69, 9.17) is 23.2 Å². The van der Waals surface area contributed by atoms with E-state index in [-0.39, 0.29) is 11.7 Å². The molecule has 0 saturated heterocycles. The van der Waals surface area contributed by atoms with Gasteiger partial charge in [0, 0.05) is 11.6 Å². The Balaban J connectivity index is 1.80. The van der Waals surface area contributed by atoms with Crippen LogP contribution in [0.4, 0.5) is 5.82 Å². The van der Waals surface area contributed by atoms with Crippen LogP contribution in [0.1, 0.15) is 12.7 Å². The summed E-state index contributed by atoms with van der Waals surface area (Å²) in [5.74, 6) is 0.727. The van der Waals surface area contributed by atoms with E-state index in [1.165, 1.54) is 24.0 Å². The summed E-state index contributed by atoms with van der Waals surface area (Å²) in [5.41, 5.74) is 0.854. The summed E-state index contributed by atoms with van der Waals surface area (Å²) in [5, 5.41) is 4.70. The number of pyridine rings is 1. The van der Waals surface area contributed by atoms with Crippen LogP contribution in [-0.2, 0) is 4.79 Å². The molecule has 0 spiro atoms. The van der Waals surface area contributed by atoms with Gasteiger partial charge < -0.3 is 5.32 Å². The molecule has 0 bridgehead atoms. The number of nitrogens with one attached hydrogen (secondary N) is 1. The number of halogens is 2. The van der Waals surface area contributed by atoms with Gasteiger partial charge >= 0.3 is 0 Å². The monoisotopic (exact) mass is 392 g/mol. The lowest BCUT2D eigenvalue weighted by Crippen LogP contribution is -2.23. The maximum Gasteiger partial charge on any atom is 0.238 e. The van der Waals surface area contributed by atoms with Gasteiger partial charge in [-0.1, -0.05) is 53.2 Å². The Morgan fingerprint density at radius 2 is 2.00 bits per heavy atom. The molecule has 1 aromatic carbocycles. The highest BCUT2D eigenvalue weighted by Crippen LogP contribution is 2.30. The van der Waals surface area contributed by atoms with E-state index in [1.807, 2.05) is 31.2 Å². The van der Waals surface area contributed by atoms with Crippen LogP contribution < -0.4 is 5.32 Å². The van der Waals surface area contributed by atoms with Crippen LogP contribution in [0.5, 0.6) is 0 Å². The lowest BCUT2D eigenvalue weighted by Gasteiger charge is -2.13. The average molecular weight is 393 g/mol. The quantitative estimate of drug-likeness (QED) is 0.511. The third kappa shape index (κ3) is 4.21. The van der Waals surface area contributed by atoms with Crippen LogP contribution in [-0.4, -0.2) is 26.1 Å². The number of aromatic nitrogens is 3. The Morgan fingerprint density at radius 3 is 2.76 bits per heavy atom. The van der Waals surface area contributed by atoms with E-state index in [1.54, 1.807) is 6.92 Å². The van der Waals surface area contributed by atoms with Gasteiger partial charge in [0.25, 0.3) is 0 Å². The number of carbonyl (C=O) groups excluding carboxylic acids is 1. The average Bonchev–Trinajstić information content (AvgIpc) is 2.57. The van der Waals surface area contributed by atoms with Gasteiger partial charge in [0.15, 0.2) is 5.82 Å². The van der Waals surface area contributed by atoms with E-state index >= 15 is 0 Å². The highest BCUT2D eigenvalue weighted by Gasteiger charge is 2.19. The largest absolute Gasteiger partial charge is 0.308 e. The molecular weight excluding hydrogens is 379 g/mol. The smallest absolute Gasteiger partial charge is 0.238 e. The molecule has 5 nitrogen and oxygen atoms in total. The first-order chi connectivity index (χ1) is 11.9. The molecule has 2 heterocycles. The minimum absolute atomic E-state index is 0.220. The topological polar surface area (TPSA) is 67.8 Å².